The van der Waals surface area contributed by atoms with Crippen LogP contribution in [0.5, 0.6) is 0 Å². The third-order valence-electron chi connectivity index (χ3n) is 2.35. The van der Waals surface area contributed by atoms with Crippen molar-refractivity contribution in [3.05, 3.63) is 24.3 Å². The first-order chi connectivity index (χ1) is 9.06. The zero-order valence-corrected chi connectivity index (χ0v) is 11.3. The lowest BCUT2D eigenvalue weighted by Crippen LogP contribution is -2.36. The number of aliphatic hydroxyl groups is 1. The number of hydrogen-bond acceptors (Lipinski definition) is 3. The first kappa shape index (κ1) is 15.7. The standard InChI is InChI=1S/C12H16F2N2O2S/c1-2-16(6-7-17)12(18)15-9-4-3-5-10(8-9)19-11(13)14/h3-5,8,11,17H,2,6-7H2,1H3,(H,15,18). The summed E-state index contributed by atoms with van der Waals surface area (Å²) in [5, 5.41) is 11.4. The molecular weight excluding hydrogens is 274 g/mol. The molecule has 0 aliphatic carbocycles. The maximum atomic E-state index is 12.2. The average molecular weight is 290 g/mol. The van der Waals surface area contributed by atoms with Crippen LogP contribution in [0.2, 0.25) is 0 Å². The molecule has 0 saturated heterocycles. The summed E-state index contributed by atoms with van der Waals surface area (Å²) in [4.78, 5) is 13.6. The zero-order valence-electron chi connectivity index (χ0n) is 10.5. The molecule has 0 aliphatic rings. The number of halogens is 2. The number of likely N-dealkylation sites (N-methyl/N-ethyl adjacent to an activating group) is 1. The number of thioether (sulfide) groups is 1. The van der Waals surface area contributed by atoms with Gasteiger partial charge in [-0.2, -0.15) is 8.78 Å². The maximum Gasteiger partial charge on any atom is 0.321 e. The summed E-state index contributed by atoms with van der Waals surface area (Å²) < 4.78 is 24.5. The van der Waals surface area contributed by atoms with Gasteiger partial charge >= 0.3 is 6.03 Å². The fraction of sp³-hybridized carbons (Fsp3) is 0.417. The third-order valence-corrected chi connectivity index (χ3v) is 3.05. The Kier molecular flexibility index (Phi) is 6.58. The zero-order chi connectivity index (χ0) is 14.3. The van der Waals surface area contributed by atoms with Gasteiger partial charge in [-0.15, -0.1) is 0 Å². The van der Waals surface area contributed by atoms with Crippen molar-refractivity contribution in [2.24, 2.45) is 0 Å². The van der Waals surface area contributed by atoms with E-state index in [1.54, 1.807) is 25.1 Å². The minimum Gasteiger partial charge on any atom is -0.395 e. The molecule has 2 N–H and O–H groups in total. The van der Waals surface area contributed by atoms with Crippen LogP contribution in [0.25, 0.3) is 0 Å². The number of alkyl halides is 2. The van der Waals surface area contributed by atoms with Gasteiger partial charge in [0.25, 0.3) is 5.76 Å². The van der Waals surface area contributed by atoms with Crippen molar-refractivity contribution in [3.8, 4) is 0 Å². The molecule has 0 aliphatic heterocycles. The monoisotopic (exact) mass is 290 g/mol. The maximum absolute atomic E-state index is 12.2. The molecule has 1 aromatic rings. The minimum absolute atomic E-state index is 0.122. The van der Waals surface area contributed by atoms with Gasteiger partial charge in [0.05, 0.1) is 6.61 Å². The van der Waals surface area contributed by atoms with Crippen LogP contribution in [0.3, 0.4) is 0 Å². The molecule has 2 amide bonds. The number of carbonyl (C=O) groups is 1. The second-order valence-electron chi connectivity index (χ2n) is 3.64. The third kappa shape index (κ3) is 5.44. The van der Waals surface area contributed by atoms with Gasteiger partial charge in [0.1, 0.15) is 0 Å². The van der Waals surface area contributed by atoms with E-state index in [4.69, 9.17) is 5.11 Å². The van der Waals surface area contributed by atoms with Crippen LogP contribution >= 0.6 is 11.8 Å². The van der Waals surface area contributed by atoms with E-state index in [1.807, 2.05) is 0 Å². The number of nitrogens with zero attached hydrogens (tertiary/aromatic N) is 1. The predicted molar refractivity (Wildman–Crippen MR) is 71.7 cm³/mol. The van der Waals surface area contributed by atoms with Crippen molar-refractivity contribution in [2.75, 3.05) is 25.0 Å². The Hall–Kier alpha value is -1.34. The Labute approximate surface area is 114 Å². The van der Waals surface area contributed by atoms with E-state index in [0.717, 1.165) is 0 Å². The molecule has 0 aromatic heterocycles. The topological polar surface area (TPSA) is 52.6 Å². The molecular formula is C12H16F2N2O2S. The van der Waals surface area contributed by atoms with E-state index in [0.29, 0.717) is 28.9 Å². The second kappa shape index (κ2) is 7.96. The normalized spacial score (nSPS) is 10.6. The lowest BCUT2D eigenvalue weighted by Gasteiger charge is -2.20. The molecule has 0 heterocycles. The van der Waals surface area contributed by atoms with Gasteiger partial charge in [0, 0.05) is 23.7 Å². The van der Waals surface area contributed by atoms with Gasteiger partial charge in [-0.3, -0.25) is 0 Å². The van der Waals surface area contributed by atoms with Crippen molar-refractivity contribution >= 4 is 23.5 Å². The van der Waals surface area contributed by atoms with Crippen LogP contribution in [-0.2, 0) is 0 Å². The minimum atomic E-state index is -2.49. The van der Waals surface area contributed by atoms with Gasteiger partial charge in [-0.1, -0.05) is 17.8 Å². The van der Waals surface area contributed by atoms with Crippen molar-refractivity contribution in [3.63, 3.8) is 0 Å². The fourth-order valence-corrected chi connectivity index (χ4v) is 2.03. The highest BCUT2D eigenvalue weighted by Gasteiger charge is 2.11. The molecule has 4 nitrogen and oxygen atoms in total. The summed E-state index contributed by atoms with van der Waals surface area (Å²) in [5.41, 5.74) is 0.451. The number of hydrogen-bond donors (Lipinski definition) is 2. The number of anilines is 1. The van der Waals surface area contributed by atoms with E-state index in [1.165, 1.54) is 11.0 Å². The summed E-state index contributed by atoms with van der Waals surface area (Å²) in [6.07, 6.45) is 0. The summed E-state index contributed by atoms with van der Waals surface area (Å²) in [7, 11) is 0. The quantitative estimate of drug-likeness (QED) is 0.792. The number of benzene rings is 1. The summed E-state index contributed by atoms with van der Waals surface area (Å²) in [6.45, 7) is 2.35. The van der Waals surface area contributed by atoms with Gasteiger partial charge in [0.2, 0.25) is 0 Å². The molecule has 0 fully saturated rings. The number of nitrogens with one attached hydrogen (secondary N) is 1. The second-order valence-corrected chi connectivity index (χ2v) is 4.70. The molecule has 106 valence electrons. The molecule has 0 spiro atoms. The molecule has 7 heteroatoms. The molecule has 0 unspecified atom stereocenters. The van der Waals surface area contributed by atoms with Crippen molar-refractivity contribution in [1.29, 1.82) is 0 Å². The van der Waals surface area contributed by atoms with E-state index < -0.39 is 5.76 Å². The van der Waals surface area contributed by atoms with E-state index in [-0.39, 0.29) is 19.2 Å². The number of carbonyl (C=O) groups excluding carboxylic acids is 1. The van der Waals surface area contributed by atoms with Crippen molar-refractivity contribution in [2.45, 2.75) is 17.6 Å². The van der Waals surface area contributed by atoms with E-state index in [9.17, 15) is 13.6 Å². The SMILES string of the molecule is CCN(CCO)C(=O)Nc1cccc(SC(F)F)c1. The molecule has 1 rings (SSSR count). The largest absolute Gasteiger partial charge is 0.395 e. The summed E-state index contributed by atoms with van der Waals surface area (Å²) >= 11 is 0.426. The first-order valence-corrected chi connectivity index (χ1v) is 6.66. The molecule has 19 heavy (non-hydrogen) atoms. The molecule has 0 radical (unpaired) electrons. The van der Waals surface area contributed by atoms with Crippen LogP contribution in [-0.4, -0.2) is 41.5 Å². The number of rotatable bonds is 6. The van der Waals surface area contributed by atoms with Crippen LogP contribution in [0.1, 0.15) is 6.92 Å². The van der Waals surface area contributed by atoms with Crippen LogP contribution < -0.4 is 5.32 Å². The highest BCUT2D eigenvalue weighted by Crippen LogP contribution is 2.27. The van der Waals surface area contributed by atoms with Crippen molar-refractivity contribution in [1.82, 2.24) is 4.90 Å². The molecule has 0 bridgehead atoms. The Bertz CT molecular complexity index is 418. The average Bonchev–Trinajstić information content (AvgIpc) is 2.35. The van der Waals surface area contributed by atoms with Crippen LogP contribution in [0.15, 0.2) is 29.2 Å². The Morgan fingerprint density at radius 3 is 2.84 bits per heavy atom. The lowest BCUT2D eigenvalue weighted by atomic mass is 10.3. The van der Waals surface area contributed by atoms with Crippen molar-refractivity contribution < 1.29 is 18.7 Å². The Morgan fingerprint density at radius 2 is 2.26 bits per heavy atom. The molecule has 0 atom stereocenters. The number of aliphatic hydroxyl groups excluding tert-OH is 1. The van der Waals surface area contributed by atoms with Gasteiger partial charge < -0.3 is 15.3 Å². The highest BCUT2D eigenvalue weighted by atomic mass is 32.2. The van der Waals surface area contributed by atoms with Gasteiger partial charge in [-0.05, 0) is 25.1 Å². The van der Waals surface area contributed by atoms with E-state index in [2.05, 4.69) is 5.32 Å². The van der Waals surface area contributed by atoms with Gasteiger partial charge in [0.15, 0.2) is 0 Å². The molecule has 0 saturated carbocycles. The summed E-state index contributed by atoms with van der Waals surface area (Å²) in [5.74, 6) is -2.49. The number of urea groups is 1. The van der Waals surface area contributed by atoms with Crippen LogP contribution in [0, 0.1) is 0 Å². The fourth-order valence-electron chi connectivity index (χ4n) is 1.48. The van der Waals surface area contributed by atoms with Gasteiger partial charge in [-0.25, -0.2) is 4.79 Å². The van der Waals surface area contributed by atoms with Crippen LogP contribution in [0.4, 0.5) is 19.3 Å². The highest BCUT2D eigenvalue weighted by molar-refractivity contribution is 7.99. The summed E-state index contributed by atoms with van der Waals surface area (Å²) in [6, 6.07) is 5.90. The Balaban J connectivity index is 2.68. The predicted octanol–water partition coefficient (Wildman–Crippen LogP) is 2.85. The first-order valence-electron chi connectivity index (χ1n) is 5.78. The lowest BCUT2D eigenvalue weighted by molar-refractivity contribution is 0.192. The Morgan fingerprint density at radius 1 is 1.53 bits per heavy atom. The molecule has 1 aromatic carbocycles. The number of amides is 2. The van der Waals surface area contributed by atoms with E-state index >= 15 is 0 Å². The smallest absolute Gasteiger partial charge is 0.321 e.